The first kappa shape index (κ1) is 26.2. The molecule has 34 heavy (non-hydrogen) atoms. The fourth-order valence-corrected chi connectivity index (χ4v) is 6.15. The highest BCUT2D eigenvalue weighted by molar-refractivity contribution is 7.89. The standard InChI is InChI=1S/C25H26N4O2S.2ClH/c1-18-9-10-22-20(13-18)16-29(12-11-24(22)27-15-21-14-26-17-28-21)32(30,31)25-8-4-6-19-5-2-3-7-23(19)25;;/h2-10,13-14,17,24,27H,11-12,15-16H2,1H3,(H,26,28);2*1H. The monoisotopic (exact) mass is 518 g/mol. The Morgan fingerprint density at radius 3 is 2.68 bits per heavy atom. The number of hydrogen-bond acceptors (Lipinski definition) is 4. The molecule has 1 aromatic heterocycles. The molecule has 4 aromatic rings. The average Bonchev–Trinajstić information content (AvgIpc) is 3.25. The quantitative estimate of drug-likeness (QED) is 0.383. The molecular formula is C25H28Cl2N4O2S. The molecule has 1 aliphatic heterocycles. The lowest BCUT2D eigenvalue weighted by atomic mass is 9.97. The van der Waals surface area contributed by atoms with Gasteiger partial charge in [0.25, 0.3) is 0 Å². The van der Waals surface area contributed by atoms with E-state index < -0.39 is 10.0 Å². The van der Waals surface area contributed by atoms with E-state index in [1.807, 2.05) is 43.3 Å². The van der Waals surface area contributed by atoms with E-state index in [2.05, 4.69) is 33.5 Å². The van der Waals surface area contributed by atoms with E-state index in [-0.39, 0.29) is 30.9 Å². The molecule has 180 valence electrons. The van der Waals surface area contributed by atoms with Gasteiger partial charge in [0.05, 0.1) is 11.2 Å². The first-order valence-electron chi connectivity index (χ1n) is 10.8. The zero-order valence-electron chi connectivity index (χ0n) is 18.8. The molecular weight excluding hydrogens is 491 g/mol. The highest BCUT2D eigenvalue weighted by atomic mass is 35.5. The summed E-state index contributed by atoms with van der Waals surface area (Å²) >= 11 is 0. The summed E-state index contributed by atoms with van der Waals surface area (Å²) in [5, 5.41) is 5.28. The van der Waals surface area contributed by atoms with Crippen LogP contribution in [0.5, 0.6) is 0 Å². The van der Waals surface area contributed by atoms with Crippen molar-refractivity contribution in [2.75, 3.05) is 6.54 Å². The van der Waals surface area contributed by atoms with Crippen molar-refractivity contribution in [2.45, 2.75) is 37.4 Å². The molecule has 0 fully saturated rings. The molecule has 0 amide bonds. The second kappa shape index (κ2) is 10.9. The van der Waals surface area contributed by atoms with Crippen LogP contribution in [0.1, 0.15) is 34.8 Å². The number of fused-ring (bicyclic) bond motifs is 2. The van der Waals surface area contributed by atoms with E-state index in [1.165, 1.54) is 0 Å². The molecule has 1 aliphatic rings. The Morgan fingerprint density at radius 1 is 1.09 bits per heavy atom. The van der Waals surface area contributed by atoms with Gasteiger partial charge in [-0.15, -0.1) is 24.8 Å². The van der Waals surface area contributed by atoms with Gasteiger partial charge in [-0.3, -0.25) is 0 Å². The van der Waals surface area contributed by atoms with Gasteiger partial charge in [0.1, 0.15) is 0 Å². The van der Waals surface area contributed by atoms with Gasteiger partial charge in [0, 0.05) is 43.0 Å². The summed E-state index contributed by atoms with van der Waals surface area (Å²) in [6.07, 6.45) is 4.16. The lowest BCUT2D eigenvalue weighted by Gasteiger charge is -2.22. The molecule has 0 radical (unpaired) electrons. The molecule has 9 heteroatoms. The summed E-state index contributed by atoms with van der Waals surface area (Å²) in [5.41, 5.74) is 4.34. The van der Waals surface area contributed by atoms with Crippen molar-refractivity contribution >= 4 is 45.6 Å². The molecule has 0 bridgehead atoms. The van der Waals surface area contributed by atoms with E-state index in [4.69, 9.17) is 0 Å². The Bertz CT molecular complexity index is 1360. The first-order valence-corrected chi connectivity index (χ1v) is 12.2. The molecule has 1 unspecified atom stereocenters. The Balaban J connectivity index is 0.00000162. The molecule has 3 aromatic carbocycles. The summed E-state index contributed by atoms with van der Waals surface area (Å²) in [6.45, 7) is 3.50. The minimum absolute atomic E-state index is 0. The number of aromatic nitrogens is 2. The SMILES string of the molecule is Cc1ccc2c(c1)CN(S(=O)(=O)c1cccc3ccccc13)CCC2NCc1cnc[nH]1.Cl.Cl. The zero-order chi connectivity index (χ0) is 22.1. The maximum absolute atomic E-state index is 13.8. The van der Waals surface area contributed by atoms with Gasteiger partial charge in [-0.1, -0.05) is 60.2 Å². The topological polar surface area (TPSA) is 78.1 Å². The lowest BCUT2D eigenvalue weighted by Crippen LogP contribution is -2.31. The summed E-state index contributed by atoms with van der Waals surface area (Å²) in [6, 6.07) is 19.5. The molecule has 6 nitrogen and oxygen atoms in total. The van der Waals surface area contributed by atoms with E-state index in [9.17, 15) is 8.42 Å². The van der Waals surface area contributed by atoms with Gasteiger partial charge < -0.3 is 10.3 Å². The maximum atomic E-state index is 13.8. The molecule has 1 atom stereocenters. The normalized spacial score (nSPS) is 16.2. The van der Waals surface area contributed by atoms with Crippen LogP contribution in [0, 0.1) is 6.92 Å². The van der Waals surface area contributed by atoms with Gasteiger partial charge in [-0.2, -0.15) is 4.31 Å². The van der Waals surface area contributed by atoms with Crippen LogP contribution >= 0.6 is 24.8 Å². The lowest BCUT2D eigenvalue weighted by molar-refractivity contribution is 0.386. The molecule has 5 rings (SSSR count). The summed E-state index contributed by atoms with van der Waals surface area (Å²) in [5.74, 6) is 0. The van der Waals surface area contributed by atoms with Crippen LogP contribution in [-0.4, -0.2) is 29.2 Å². The Labute approximate surface area is 212 Å². The molecule has 2 heterocycles. The van der Waals surface area contributed by atoms with Gasteiger partial charge in [-0.05, 0) is 35.9 Å². The van der Waals surface area contributed by atoms with E-state index >= 15 is 0 Å². The van der Waals surface area contributed by atoms with Gasteiger partial charge in [-0.25, -0.2) is 13.4 Å². The van der Waals surface area contributed by atoms with Gasteiger partial charge in [0.2, 0.25) is 10.0 Å². The van der Waals surface area contributed by atoms with E-state index in [0.717, 1.165) is 33.2 Å². The fraction of sp³-hybridized carbons (Fsp3) is 0.240. The fourth-order valence-electron chi connectivity index (χ4n) is 4.50. The molecule has 0 aliphatic carbocycles. The van der Waals surface area contributed by atoms with Crippen LogP contribution < -0.4 is 5.32 Å². The second-order valence-corrected chi connectivity index (χ2v) is 10.2. The number of benzene rings is 3. The number of aromatic amines is 1. The largest absolute Gasteiger partial charge is 0.347 e. The van der Waals surface area contributed by atoms with Crippen LogP contribution in [0.4, 0.5) is 0 Å². The number of H-pyrrole nitrogens is 1. The third kappa shape index (κ3) is 5.14. The summed E-state index contributed by atoms with van der Waals surface area (Å²) in [4.78, 5) is 7.57. The number of rotatable bonds is 5. The van der Waals surface area contributed by atoms with Crippen molar-refractivity contribution in [3.8, 4) is 0 Å². The predicted octanol–water partition coefficient (Wildman–Crippen LogP) is 5.14. The van der Waals surface area contributed by atoms with Crippen molar-refractivity contribution < 1.29 is 8.42 Å². The summed E-state index contributed by atoms with van der Waals surface area (Å²) < 4.78 is 29.2. The molecule has 0 spiro atoms. The molecule has 0 saturated carbocycles. The van der Waals surface area contributed by atoms with Crippen LogP contribution in [0.25, 0.3) is 10.8 Å². The second-order valence-electron chi connectivity index (χ2n) is 8.32. The van der Waals surface area contributed by atoms with Crippen molar-refractivity contribution in [2.24, 2.45) is 0 Å². The third-order valence-corrected chi connectivity index (χ3v) is 8.05. The Kier molecular flexibility index (Phi) is 8.38. The number of imidazole rings is 1. The number of nitrogens with zero attached hydrogens (tertiary/aromatic N) is 2. The number of aryl methyl sites for hydroxylation is 1. The van der Waals surface area contributed by atoms with Gasteiger partial charge in [0.15, 0.2) is 0 Å². The van der Waals surface area contributed by atoms with Crippen LogP contribution in [0.15, 0.2) is 78.1 Å². The van der Waals surface area contributed by atoms with Crippen LogP contribution in [0.2, 0.25) is 0 Å². The number of hydrogen-bond donors (Lipinski definition) is 2. The number of nitrogens with one attached hydrogen (secondary N) is 2. The maximum Gasteiger partial charge on any atom is 0.243 e. The summed E-state index contributed by atoms with van der Waals surface area (Å²) in [7, 11) is -3.66. The number of halogens is 2. The van der Waals surface area contributed by atoms with Crippen molar-refractivity contribution in [1.29, 1.82) is 0 Å². The zero-order valence-corrected chi connectivity index (χ0v) is 21.2. The molecule has 0 saturated heterocycles. The minimum Gasteiger partial charge on any atom is -0.347 e. The van der Waals surface area contributed by atoms with E-state index in [0.29, 0.717) is 31.0 Å². The van der Waals surface area contributed by atoms with Crippen LogP contribution in [0.3, 0.4) is 0 Å². The van der Waals surface area contributed by atoms with Crippen LogP contribution in [-0.2, 0) is 23.1 Å². The average molecular weight is 519 g/mol. The van der Waals surface area contributed by atoms with Crippen molar-refractivity contribution in [3.05, 3.63) is 95.6 Å². The molecule has 2 N–H and O–H groups in total. The Morgan fingerprint density at radius 2 is 1.88 bits per heavy atom. The van der Waals surface area contributed by atoms with Crippen molar-refractivity contribution in [3.63, 3.8) is 0 Å². The number of sulfonamides is 1. The predicted molar refractivity (Wildman–Crippen MR) is 140 cm³/mol. The Hall–Kier alpha value is -2.42. The van der Waals surface area contributed by atoms with E-state index in [1.54, 1.807) is 22.9 Å². The van der Waals surface area contributed by atoms with Crippen molar-refractivity contribution in [1.82, 2.24) is 19.6 Å². The highest BCUT2D eigenvalue weighted by Gasteiger charge is 2.31. The van der Waals surface area contributed by atoms with Gasteiger partial charge >= 0.3 is 0 Å². The minimum atomic E-state index is -3.66. The smallest absolute Gasteiger partial charge is 0.243 e. The first-order chi connectivity index (χ1) is 15.5. The third-order valence-electron chi connectivity index (χ3n) is 6.15. The highest BCUT2D eigenvalue weighted by Crippen LogP contribution is 2.32.